The van der Waals surface area contributed by atoms with Crippen LogP contribution in [0.2, 0.25) is 0 Å². The van der Waals surface area contributed by atoms with Crippen LogP contribution in [0, 0.1) is 0 Å². The van der Waals surface area contributed by atoms with Crippen LogP contribution >= 0.6 is 0 Å². The van der Waals surface area contributed by atoms with Crippen molar-refractivity contribution in [3.05, 3.63) is 119 Å². The fraction of sp³-hybridized carbons (Fsp3) is 0.270. The molecular weight excluding hydrogens is 649 g/mol. The Morgan fingerprint density at radius 2 is 1.50 bits per heavy atom. The van der Waals surface area contributed by atoms with Crippen LogP contribution in [0.5, 0.6) is 0 Å². The van der Waals surface area contributed by atoms with Crippen LogP contribution in [0.1, 0.15) is 53.6 Å². The number of carbonyl (C=O) groups is 3. The molecular formula is C37H39F3N6O4. The number of nitrogens with zero attached hydrogens (tertiary/aromatic N) is 3. The third kappa shape index (κ3) is 8.98. The number of ether oxygens (including phenoxy) is 1. The number of hydrogen-bond donors (Lipinski definition) is 3. The van der Waals surface area contributed by atoms with Gasteiger partial charge in [0.1, 0.15) is 11.4 Å². The Balaban J connectivity index is 1.20. The van der Waals surface area contributed by atoms with E-state index in [9.17, 15) is 27.6 Å². The molecule has 1 saturated heterocycles. The number of rotatable bonds is 12. The van der Waals surface area contributed by atoms with E-state index in [0.717, 1.165) is 30.8 Å². The van der Waals surface area contributed by atoms with Gasteiger partial charge in [0.25, 0.3) is 17.7 Å². The van der Waals surface area contributed by atoms with E-state index in [0.29, 0.717) is 66.5 Å². The first-order valence-electron chi connectivity index (χ1n) is 16.0. The first-order chi connectivity index (χ1) is 23.9. The predicted molar refractivity (Wildman–Crippen MR) is 187 cm³/mol. The first kappa shape index (κ1) is 35.9. The molecule has 1 aliphatic rings. The summed E-state index contributed by atoms with van der Waals surface area (Å²) in [6, 6.07) is 13.1. The molecule has 3 N–H and O–H groups in total. The quantitative estimate of drug-likeness (QED) is 0.128. The molecule has 0 bridgehead atoms. The zero-order valence-corrected chi connectivity index (χ0v) is 27.8. The summed E-state index contributed by atoms with van der Waals surface area (Å²) in [5, 5.41) is 8.70. The van der Waals surface area contributed by atoms with Gasteiger partial charge in [-0.3, -0.25) is 19.3 Å². The maximum atomic E-state index is 13.4. The van der Waals surface area contributed by atoms with Crippen molar-refractivity contribution in [3.63, 3.8) is 0 Å². The summed E-state index contributed by atoms with van der Waals surface area (Å²) in [5.41, 5.74) is 3.27. The topological polar surface area (TPSA) is 110 Å². The maximum Gasteiger partial charge on any atom is 0.416 e. The van der Waals surface area contributed by atoms with Gasteiger partial charge in [0.05, 0.1) is 30.2 Å². The molecule has 0 unspecified atom stereocenters. The van der Waals surface area contributed by atoms with Gasteiger partial charge in [0, 0.05) is 63.8 Å². The van der Waals surface area contributed by atoms with E-state index >= 15 is 0 Å². The number of morpholine rings is 1. The second-order valence-electron chi connectivity index (χ2n) is 11.9. The van der Waals surface area contributed by atoms with E-state index in [2.05, 4.69) is 27.4 Å². The predicted octanol–water partition coefficient (Wildman–Crippen LogP) is 5.85. The number of anilines is 2. The first-order valence-corrected chi connectivity index (χ1v) is 16.0. The molecule has 10 nitrogen and oxygen atoms in total. The molecule has 0 atom stereocenters. The Morgan fingerprint density at radius 3 is 2.12 bits per heavy atom. The van der Waals surface area contributed by atoms with Crippen LogP contribution in [-0.4, -0.2) is 71.1 Å². The molecule has 0 saturated carbocycles. The van der Waals surface area contributed by atoms with Crippen molar-refractivity contribution in [2.24, 2.45) is 14.1 Å². The van der Waals surface area contributed by atoms with Crippen molar-refractivity contribution in [2.75, 3.05) is 50.0 Å². The van der Waals surface area contributed by atoms with Crippen LogP contribution in [0.4, 0.5) is 24.5 Å². The Kier molecular flexibility index (Phi) is 11.4. The highest BCUT2D eigenvalue weighted by molar-refractivity contribution is 6.08. The summed E-state index contributed by atoms with van der Waals surface area (Å²) in [7, 11) is 3.43. The fourth-order valence-electron chi connectivity index (χ4n) is 5.64. The molecule has 0 radical (unpaired) electrons. The van der Waals surface area contributed by atoms with E-state index in [-0.39, 0.29) is 17.5 Å². The summed E-state index contributed by atoms with van der Waals surface area (Å²) in [6.45, 7) is 8.02. The highest BCUT2D eigenvalue weighted by atomic mass is 19.4. The number of nitrogens with one attached hydrogen (secondary N) is 3. The summed E-state index contributed by atoms with van der Waals surface area (Å²) in [6.07, 6.45) is 4.39. The monoisotopic (exact) mass is 688 g/mol. The fourth-order valence-corrected chi connectivity index (χ4v) is 5.64. The highest BCUT2D eigenvalue weighted by Crippen LogP contribution is 2.29. The molecule has 3 heterocycles. The van der Waals surface area contributed by atoms with E-state index < -0.39 is 17.6 Å². The number of allylic oxidation sites excluding steroid dienone is 1. The minimum atomic E-state index is -4.39. The number of benzene rings is 2. The molecule has 0 aliphatic carbocycles. The summed E-state index contributed by atoms with van der Waals surface area (Å²) in [4.78, 5) is 41.8. The smallest absolute Gasteiger partial charge is 0.379 e. The average Bonchev–Trinajstić information content (AvgIpc) is 3.61. The third-order valence-electron chi connectivity index (χ3n) is 8.29. The van der Waals surface area contributed by atoms with Gasteiger partial charge in [0.15, 0.2) is 0 Å². The van der Waals surface area contributed by atoms with Gasteiger partial charge in [-0.1, -0.05) is 42.5 Å². The van der Waals surface area contributed by atoms with Gasteiger partial charge in [-0.15, -0.1) is 6.58 Å². The molecule has 3 amide bonds. The van der Waals surface area contributed by atoms with Crippen molar-refractivity contribution in [1.82, 2.24) is 19.4 Å². The average molecular weight is 689 g/mol. The number of hydrogen-bond acceptors (Lipinski definition) is 5. The molecule has 4 aromatic rings. The van der Waals surface area contributed by atoms with Crippen LogP contribution in [-0.2, 0) is 31.4 Å². The molecule has 1 aliphatic heterocycles. The van der Waals surface area contributed by atoms with Gasteiger partial charge in [-0.05, 0) is 47.9 Å². The number of amides is 3. The van der Waals surface area contributed by atoms with Crippen molar-refractivity contribution >= 4 is 41.2 Å². The van der Waals surface area contributed by atoms with E-state index in [4.69, 9.17) is 4.74 Å². The molecule has 5 rings (SSSR count). The lowest BCUT2D eigenvalue weighted by molar-refractivity contribution is -0.137. The van der Waals surface area contributed by atoms with E-state index in [1.54, 1.807) is 84.2 Å². The third-order valence-corrected chi connectivity index (χ3v) is 8.29. The van der Waals surface area contributed by atoms with Crippen molar-refractivity contribution < 1.29 is 32.3 Å². The number of aromatic nitrogens is 2. The Bertz CT molecular complexity index is 1870. The normalized spacial score (nSPS) is 13.7. The number of aryl methyl sites for hydroxylation is 2. The lowest BCUT2D eigenvalue weighted by Crippen LogP contribution is -2.41. The van der Waals surface area contributed by atoms with Gasteiger partial charge in [0.2, 0.25) is 0 Å². The van der Waals surface area contributed by atoms with E-state index in [1.807, 2.05) is 0 Å². The second-order valence-corrected chi connectivity index (χ2v) is 11.9. The lowest BCUT2D eigenvalue weighted by atomic mass is 10.1. The van der Waals surface area contributed by atoms with Gasteiger partial charge in [-0.25, -0.2) is 0 Å². The van der Waals surface area contributed by atoms with Crippen molar-refractivity contribution in [3.8, 4) is 0 Å². The van der Waals surface area contributed by atoms with Gasteiger partial charge < -0.3 is 29.8 Å². The number of alkyl halides is 3. The molecule has 2 aromatic carbocycles. The number of halogens is 3. The van der Waals surface area contributed by atoms with Crippen LogP contribution in [0.3, 0.4) is 0 Å². The molecule has 2 aromatic heterocycles. The SMILES string of the molecule is C=CCc1c(NC(=O)c2cc(NC(=O)c3ccc(/C=C/c4ccc(C(F)(F)F)cc4)cc3)cn2C)cn(C)c1C(=O)NCCN1CCOCC1. The van der Waals surface area contributed by atoms with Crippen LogP contribution < -0.4 is 16.0 Å². The molecule has 13 heteroatoms. The highest BCUT2D eigenvalue weighted by Gasteiger charge is 2.30. The van der Waals surface area contributed by atoms with Crippen molar-refractivity contribution in [1.29, 1.82) is 0 Å². The van der Waals surface area contributed by atoms with Gasteiger partial charge >= 0.3 is 6.18 Å². The second kappa shape index (κ2) is 15.9. The molecule has 0 spiro atoms. The largest absolute Gasteiger partial charge is 0.416 e. The van der Waals surface area contributed by atoms with Gasteiger partial charge in [-0.2, -0.15) is 13.2 Å². The summed E-state index contributed by atoms with van der Waals surface area (Å²) >= 11 is 0. The van der Waals surface area contributed by atoms with Crippen molar-refractivity contribution in [2.45, 2.75) is 12.6 Å². The van der Waals surface area contributed by atoms with Crippen LogP contribution in [0.25, 0.3) is 12.2 Å². The zero-order chi connectivity index (χ0) is 35.8. The minimum absolute atomic E-state index is 0.245. The van der Waals surface area contributed by atoms with E-state index in [1.165, 1.54) is 12.1 Å². The number of carbonyl (C=O) groups excluding carboxylic acids is 3. The summed E-state index contributed by atoms with van der Waals surface area (Å²) in [5.74, 6) is -1.06. The Labute approximate surface area is 288 Å². The molecule has 262 valence electrons. The maximum absolute atomic E-state index is 13.4. The minimum Gasteiger partial charge on any atom is -0.379 e. The lowest BCUT2D eigenvalue weighted by Gasteiger charge is -2.26. The molecule has 50 heavy (non-hydrogen) atoms. The standard InChI is InChI=1S/C37H39F3N6O4/c1-4-5-30-31(24-45(3)33(30)36(49)41-16-17-46-18-20-50-21-19-46)43-35(48)32-22-29(23-44(32)2)42-34(47)27-12-8-25(9-13-27)6-7-26-10-14-28(15-11-26)37(38,39)40/h4,6-15,22-24H,1,5,16-21H2,2-3H3,(H,41,49)(H,42,47)(H,43,48)/b7-6+. The Morgan fingerprint density at radius 1 is 0.860 bits per heavy atom. The zero-order valence-electron chi connectivity index (χ0n) is 27.8. The Hall–Kier alpha value is -5.40. The summed E-state index contributed by atoms with van der Waals surface area (Å²) < 4.78 is 47.1. The molecule has 1 fully saturated rings. The van der Waals surface area contributed by atoms with Crippen LogP contribution in [0.15, 0.2) is 79.6 Å².